The van der Waals surface area contributed by atoms with Gasteiger partial charge in [-0.05, 0) is 0 Å². The number of thiazole rings is 1. The maximum absolute atomic E-state index is 10.4. The highest BCUT2D eigenvalue weighted by molar-refractivity contribution is 7.14. The SMILES string of the molecule is O=C(O)CCNc1nc(-c2ccccc2)cs1. The predicted octanol–water partition coefficient (Wildman–Crippen LogP) is 2.70. The highest BCUT2D eigenvalue weighted by atomic mass is 32.1. The van der Waals surface area contributed by atoms with Gasteiger partial charge in [0, 0.05) is 17.5 Å². The van der Waals surface area contributed by atoms with Gasteiger partial charge in [-0.2, -0.15) is 0 Å². The minimum absolute atomic E-state index is 0.0975. The Balaban J connectivity index is 1.99. The van der Waals surface area contributed by atoms with Crippen LogP contribution in [0.2, 0.25) is 0 Å². The summed E-state index contributed by atoms with van der Waals surface area (Å²) in [6.07, 6.45) is 0.0975. The number of aliphatic carboxylic acids is 1. The average molecular weight is 248 g/mol. The first-order valence-corrected chi connectivity index (χ1v) is 6.10. The minimum Gasteiger partial charge on any atom is -0.481 e. The van der Waals surface area contributed by atoms with Crippen LogP contribution in [0, 0.1) is 0 Å². The smallest absolute Gasteiger partial charge is 0.305 e. The molecule has 0 saturated carbocycles. The van der Waals surface area contributed by atoms with E-state index in [0.717, 1.165) is 16.4 Å². The average Bonchev–Trinajstić information content (AvgIpc) is 2.78. The summed E-state index contributed by atoms with van der Waals surface area (Å²) in [7, 11) is 0. The third-order valence-corrected chi connectivity index (χ3v) is 2.99. The lowest BCUT2D eigenvalue weighted by molar-refractivity contribution is -0.136. The lowest BCUT2D eigenvalue weighted by Crippen LogP contribution is -2.07. The minimum atomic E-state index is -0.808. The Labute approximate surface area is 103 Å². The van der Waals surface area contributed by atoms with Crippen LogP contribution in [-0.2, 0) is 4.79 Å². The predicted molar refractivity (Wildman–Crippen MR) is 68.3 cm³/mol. The highest BCUT2D eigenvalue weighted by Crippen LogP contribution is 2.24. The molecule has 17 heavy (non-hydrogen) atoms. The standard InChI is InChI=1S/C12H12N2O2S/c15-11(16)6-7-13-12-14-10(8-17-12)9-4-2-1-3-5-9/h1-5,8H,6-7H2,(H,13,14)(H,15,16). The highest BCUT2D eigenvalue weighted by Gasteiger charge is 2.04. The molecule has 0 aliphatic carbocycles. The van der Waals surface area contributed by atoms with Crippen molar-refractivity contribution in [2.75, 3.05) is 11.9 Å². The molecule has 0 spiro atoms. The summed E-state index contributed by atoms with van der Waals surface area (Å²) in [5.41, 5.74) is 1.98. The molecule has 0 saturated heterocycles. The summed E-state index contributed by atoms with van der Waals surface area (Å²) in [5, 5.41) is 14.2. The molecule has 0 bridgehead atoms. The van der Waals surface area contributed by atoms with Gasteiger partial charge in [-0.25, -0.2) is 4.98 Å². The molecule has 88 valence electrons. The molecule has 0 fully saturated rings. The molecule has 1 heterocycles. The number of carboxylic acid groups (broad SMARTS) is 1. The van der Waals surface area contributed by atoms with Gasteiger partial charge in [-0.3, -0.25) is 4.79 Å². The first-order valence-electron chi connectivity index (χ1n) is 5.22. The van der Waals surface area contributed by atoms with E-state index in [1.807, 2.05) is 35.7 Å². The number of nitrogens with zero attached hydrogens (tertiary/aromatic N) is 1. The lowest BCUT2D eigenvalue weighted by Gasteiger charge is -1.98. The number of carbonyl (C=O) groups is 1. The summed E-state index contributed by atoms with van der Waals surface area (Å²) in [5.74, 6) is -0.808. The second kappa shape index (κ2) is 5.45. The van der Waals surface area contributed by atoms with E-state index in [-0.39, 0.29) is 6.42 Å². The quantitative estimate of drug-likeness (QED) is 0.854. The van der Waals surface area contributed by atoms with Crippen molar-refractivity contribution in [3.8, 4) is 11.3 Å². The number of carboxylic acids is 1. The van der Waals surface area contributed by atoms with Crippen molar-refractivity contribution < 1.29 is 9.90 Å². The van der Waals surface area contributed by atoms with E-state index in [2.05, 4.69) is 10.3 Å². The van der Waals surface area contributed by atoms with Crippen LogP contribution in [0.15, 0.2) is 35.7 Å². The van der Waals surface area contributed by atoms with Crippen LogP contribution in [0.5, 0.6) is 0 Å². The zero-order valence-corrected chi connectivity index (χ0v) is 9.91. The van der Waals surface area contributed by atoms with E-state index < -0.39 is 5.97 Å². The Morgan fingerprint density at radius 3 is 2.82 bits per heavy atom. The van der Waals surface area contributed by atoms with Crippen molar-refractivity contribution in [3.63, 3.8) is 0 Å². The molecule has 0 radical (unpaired) electrons. The summed E-state index contributed by atoms with van der Waals surface area (Å²) >= 11 is 1.48. The molecule has 4 nitrogen and oxygen atoms in total. The molecule has 1 aromatic heterocycles. The number of benzene rings is 1. The molecule has 0 aliphatic heterocycles. The van der Waals surface area contributed by atoms with Gasteiger partial charge in [0.25, 0.3) is 0 Å². The van der Waals surface area contributed by atoms with Crippen molar-refractivity contribution in [3.05, 3.63) is 35.7 Å². The Morgan fingerprint density at radius 1 is 1.35 bits per heavy atom. The normalized spacial score (nSPS) is 10.1. The number of nitrogens with one attached hydrogen (secondary N) is 1. The molecule has 5 heteroatoms. The molecular weight excluding hydrogens is 236 g/mol. The van der Waals surface area contributed by atoms with E-state index in [9.17, 15) is 4.79 Å². The van der Waals surface area contributed by atoms with Crippen molar-refractivity contribution in [2.45, 2.75) is 6.42 Å². The molecule has 0 amide bonds. The van der Waals surface area contributed by atoms with E-state index >= 15 is 0 Å². The fourth-order valence-electron chi connectivity index (χ4n) is 1.37. The van der Waals surface area contributed by atoms with E-state index in [4.69, 9.17) is 5.11 Å². The van der Waals surface area contributed by atoms with Crippen molar-refractivity contribution in [2.24, 2.45) is 0 Å². The Morgan fingerprint density at radius 2 is 2.12 bits per heavy atom. The largest absolute Gasteiger partial charge is 0.481 e. The molecule has 2 aromatic rings. The monoisotopic (exact) mass is 248 g/mol. The van der Waals surface area contributed by atoms with Crippen LogP contribution in [0.1, 0.15) is 6.42 Å². The molecular formula is C12H12N2O2S. The number of rotatable bonds is 5. The van der Waals surface area contributed by atoms with Crippen LogP contribution in [-0.4, -0.2) is 22.6 Å². The number of aromatic nitrogens is 1. The second-order valence-electron chi connectivity index (χ2n) is 3.47. The lowest BCUT2D eigenvalue weighted by atomic mass is 10.2. The number of anilines is 1. The fourth-order valence-corrected chi connectivity index (χ4v) is 2.12. The fraction of sp³-hybridized carbons (Fsp3) is 0.167. The second-order valence-corrected chi connectivity index (χ2v) is 4.33. The Hall–Kier alpha value is -1.88. The zero-order chi connectivity index (χ0) is 12.1. The first kappa shape index (κ1) is 11.6. The van der Waals surface area contributed by atoms with E-state index in [0.29, 0.717) is 6.54 Å². The summed E-state index contributed by atoms with van der Waals surface area (Å²) in [6, 6.07) is 9.88. The first-order chi connectivity index (χ1) is 8.25. The Bertz CT molecular complexity index is 496. The summed E-state index contributed by atoms with van der Waals surface area (Å²) in [4.78, 5) is 14.8. The van der Waals surface area contributed by atoms with Crippen LogP contribution in [0.25, 0.3) is 11.3 Å². The molecule has 2 N–H and O–H groups in total. The topological polar surface area (TPSA) is 62.2 Å². The van der Waals surface area contributed by atoms with E-state index in [1.54, 1.807) is 0 Å². The van der Waals surface area contributed by atoms with Gasteiger partial charge in [0.05, 0.1) is 12.1 Å². The molecule has 0 unspecified atom stereocenters. The van der Waals surface area contributed by atoms with Gasteiger partial charge in [0.15, 0.2) is 5.13 Å². The molecule has 0 atom stereocenters. The van der Waals surface area contributed by atoms with Crippen molar-refractivity contribution in [1.82, 2.24) is 4.98 Å². The van der Waals surface area contributed by atoms with Gasteiger partial charge >= 0.3 is 5.97 Å². The van der Waals surface area contributed by atoms with Crippen molar-refractivity contribution >= 4 is 22.4 Å². The Kier molecular flexibility index (Phi) is 3.72. The summed E-state index contributed by atoms with van der Waals surface area (Å²) in [6.45, 7) is 0.400. The number of hydrogen-bond donors (Lipinski definition) is 2. The molecule has 0 aliphatic rings. The zero-order valence-electron chi connectivity index (χ0n) is 9.09. The van der Waals surface area contributed by atoms with Crippen molar-refractivity contribution in [1.29, 1.82) is 0 Å². The molecule has 2 rings (SSSR count). The maximum atomic E-state index is 10.4. The van der Waals surface area contributed by atoms with Gasteiger partial charge in [0.2, 0.25) is 0 Å². The van der Waals surface area contributed by atoms with Gasteiger partial charge in [-0.1, -0.05) is 30.3 Å². The third kappa shape index (κ3) is 3.29. The van der Waals surface area contributed by atoms with Gasteiger partial charge in [0.1, 0.15) is 0 Å². The summed E-state index contributed by atoms with van der Waals surface area (Å²) < 4.78 is 0. The van der Waals surface area contributed by atoms with Crippen LogP contribution in [0.4, 0.5) is 5.13 Å². The number of hydrogen-bond acceptors (Lipinski definition) is 4. The van der Waals surface area contributed by atoms with Gasteiger partial charge in [-0.15, -0.1) is 11.3 Å². The van der Waals surface area contributed by atoms with Crippen LogP contribution < -0.4 is 5.32 Å². The van der Waals surface area contributed by atoms with E-state index in [1.165, 1.54) is 11.3 Å². The molecule has 1 aromatic carbocycles. The maximum Gasteiger partial charge on any atom is 0.305 e. The van der Waals surface area contributed by atoms with Gasteiger partial charge < -0.3 is 10.4 Å². The third-order valence-electron chi connectivity index (χ3n) is 2.19. The van der Waals surface area contributed by atoms with Crippen LogP contribution in [0.3, 0.4) is 0 Å². The van der Waals surface area contributed by atoms with Crippen LogP contribution >= 0.6 is 11.3 Å².